The summed E-state index contributed by atoms with van der Waals surface area (Å²) in [6.07, 6.45) is 1.28. The van der Waals surface area contributed by atoms with E-state index < -0.39 is 11.9 Å². The van der Waals surface area contributed by atoms with E-state index in [9.17, 15) is 9.59 Å². The highest BCUT2D eigenvalue weighted by Crippen LogP contribution is 1.81. The van der Waals surface area contributed by atoms with Crippen molar-refractivity contribution in [3.63, 3.8) is 0 Å². The van der Waals surface area contributed by atoms with Crippen molar-refractivity contribution in [1.82, 2.24) is 5.32 Å². The lowest BCUT2D eigenvalue weighted by Crippen LogP contribution is -2.41. The Morgan fingerprint density at radius 1 is 1.70 bits per heavy atom. The molecule has 0 rings (SSSR count). The van der Waals surface area contributed by atoms with Crippen LogP contribution >= 0.6 is 0 Å². The van der Waals surface area contributed by atoms with Gasteiger partial charge in [-0.05, 0) is 0 Å². The molecule has 0 aliphatic carbocycles. The first-order chi connectivity index (χ1) is 4.57. The Morgan fingerprint density at radius 3 is 2.30 bits per heavy atom. The number of nitrogens with two attached hydrogens (primary N) is 1. The monoisotopic (exact) mass is 142 g/mol. The van der Waals surface area contributed by atoms with Crippen molar-refractivity contribution in [2.24, 2.45) is 5.73 Å². The Bertz CT molecular complexity index is 165. The molecule has 0 spiro atoms. The molecular weight excluding hydrogens is 132 g/mol. The number of nitrogens with one attached hydrogen (secondary N) is 1. The third kappa shape index (κ3) is 2.86. The van der Waals surface area contributed by atoms with Gasteiger partial charge < -0.3 is 11.1 Å². The van der Waals surface area contributed by atoms with E-state index >= 15 is 0 Å². The maximum Gasteiger partial charge on any atom is 0.244 e. The highest BCUT2D eigenvalue weighted by Gasteiger charge is 2.10. The zero-order valence-electron chi connectivity index (χ0n) is 5.76. The summed E-state index contributed by atoms with van der Waals surface area (Å²) in [5.74, 6) is -0.908. The highest BCUT2D eigenvalue weighted by atomic mass is 16.2. The van der Waals surface area contributed by atoms with Crippen LogP contribution in [0.4, 0.5) is 0 Å². The van der Waals surface area contributed by atoms with Gasteiger partial charge in [-0.25, -0.2) is 0 Å². The zero-order chi connectivity index (χ0) is 8.15. The Kier molecular flexibility index (Phi) is 3.17. The first kappa shape index (κ1) is 8.68. The maximum atomic E-state index is 10.4. The van der Waals surface area contributed by atoms with Crippen molar-refractivity contribution in [3.8, 4) is 0 Å². The number of hydrogen-bond donors (Lipinski definition) is 2. The predicted octanol–water partition coefficient (Wildman–Crippen LogP) is -0.838. The van der Waals surface area contributed by atoms with E-state index in [4.69, 9.17) is 5.73 Å². The summed E-state index contributed by atoms with van der Waals surface area (Å²) in [6.45, 7) is 4.62. The van der Waals surface area contributed by atoms with Crippen molar-refractivity contribution < 1.29 is 9.59 Å². The average molecular weight is 142 g/mol. The molecule has 0 bridgehead atoms. The molecule has 0 radical (unpaired) electrons. The third-order valence-electron chi connectivity index (χ3n) is 0.901. The lowest BCUT2D eigenvalue weighted by Gasteiger charge is -2.07. The number of rotatable bonds is 3. The minimum absolute atomic E-state index is 0.302. The molecule has 0 fully saturated rings. The van der Waals surface area contributed by atoms with Crippen LogP contribution in [0.25, 0.3) is 0 Å². The van der Waals surface area contributed by atoms with Crippen LogP contribution in [0.3, 0.4) is 0 Å². The fourth-order valence-corrected chi connectivity index (χ4v) is 0.465. The van der Waals surface area contributed by atoms with E-state index in [2.05, 4.69) is 11.9 Å². The molecule has 0 aromatic heterocycles. The second kappa shape index (κ2) is 3.66. The van der Waals surface area contributed by atoms with Crippen LogP contribution in [0.15, 0.2) is 12.7 Å². The summed E-state index contributed by atoms with van der Waals surface area (Å²) >= 11 is 0. The summed E-state index contributed by atoms with van der Waals surface area (Å²) < 4.78 is 0. The smallest absolute Gasteiger partial charge is 0.244 e. The number of carbonyl (C=O) groups is 2. The second-order valence-corrected chi connectivity index (χ2v) is 1.82. The van der Waals surface area contributed by atoms with Gasteiger partial charge in [0.15, 0.2) is 0 Å². The molecule has 0 saturated heterocycles. The van der Waals surface area contributed by atoms with E-state index in [-0.39, 0.29) is 5.91 Å². The molecule has 1 atom stereocenters. The molecule has 4 nitrogen and oxygen atoms in total. The van der Waals surface area contributed by atoms with Crippen LogP contribution in [0.5, 0.6) is 0 Å². The van der Waals surface area contributed by atoms with Gasteiger partial charge in [-0.2, -0.15) is 0 Å². The lowest BCUT2D eigenvalue weighted by molar-refractivity contribution is -0.125. The second-order valence-electron chi connectivity index (χ2n) is 1.82. The topological polar surface area (TPSA) is 72.2 Å². The van der Waals surface area contributed by atoms with Crippen molar-refractivity contribution in [3.05, 3.63) is 12.7 Å². The van der Waals surface area contributed by atoms with E-state index in [1.54, 1.807) is 0 Å². The van der Waals surface area contributed by atoms with E-state index in [0.717, 1.165) is 0 Å². The van der Waals surface area contributed by atoms with Gasteiger partial charge in [0.25, 0.3) is 0 Å². The van der Waals surface area contributed by atoms with E-state index in [0.29, 0.717) is 0 Å². The number of amides is 2. The Labute approximate surface area is 59.1 Å². The van der Waals surface area contributed by atoms with Gasteiger partial charge in [0.1, 0.15) is 6.04 Å². The van der Waals surface area contributed by atoms with Crippen LogP contribution in [-0.2, 0) is 9.59 Å². The number of carbonyl (C=O) groups excluding carboxylic acids is 2. The van der Waals surface area contributed by atoms with Gasteiger partial charge in [-0.15, -0.1) is 6.58 Å². The van der Waals surface area contributed by atoms with Crippen LogP contribution in [-0.4, -0.2) is 17.9 Å². The molecule has 10 heavy (non-hydrogen) atoms. The van der Waals surface area contributed by atoms with Crippen molar-refractivity contribution >= 4 is 11.8 Å². The Hall–Kier alpha value is -1.32. The van der Waals surface area contributed by atoms with Crippen molar-refractivity contribution in [2.45, 2.75) is 13.0 Å². The first-order valence-electron chi connectivity index (χ1n) is 2.77. The largest absolute Gasteiger partial charge is 0.368 e. The predicted molar refractivity (Wildman–Crippen MR) is 37.0 cm³/mol. The molecule has 4 heteroatoms. The molecule has 0 aromatic rings. The standard InChI is InChI=1S/C6H10N2O2/c1-3-5(6(7)10)8-4(2)9/h3,5H,1H2,2H3,(H2,7,10)(H,8,9). The SMILES string of the molecule is C=CC(NC(C)=O)C(N)=O. The minimum Gasteiger partial charge on any atom is -0.368 e. The summed E-state index contributed by atoms with van der Waals surface area (Å²) in [5.41, 5.74) is 4.87. The molecule has 0 aliphatic heterocycles. The molecule has 0 saturated carbocycles. The van der Waals surface area contributed by atoms with Crippen LogP contribution in [0, 0.1) is 0 Å². The summed E-state index contributed by atoms with van der Waals surface area (Å²) in [7, 11) is 0. The van der Waals surface area contributed by atoms with E-state index in [1.165, 1.54) is 13.0 Å². The van der Waals surface area contributed by atoms with Gasteiger partial charge in [0.05, 0.1) is 0 Å². The van der Waals surface area contributed by atoms with Crippen molar-refractivity contribution in [1.29, 1.82) is 0 Å². The molecule has 1 unspecified atom stereocenters. The lowest BCUT2D eigenvalue weighted by atomic mass is 10.3. The number of primary amides is 1. The summed E-state index contributed by atoms with van der Waals surface area (Å²) in [5, 5.41) is 2.30. The van der Waals surface area contributed by atoms with Gasteiger partial charge in [0.2, 0.25) is 11.8 Å². The minimum atomic E-state index is -0.752. The highest BCUT2D eigenvalue weighted by molar-refractivity contribution is 5.87. The molecule has 2 amide bonds. The maximum absolute atomic E-state index is 10.4. The normalized spacial score (nSPS) is 11.7. The van der Waals surface area contributed by atoms with E-state index in [1.807, 2.05) is 0 Å². The van der Waals surface area contributed by atoms with Gasteiger partial charge in [0, 0.05) is 6.92 Å². The van der Waals surface area contributed by atoms with Gasteiger partial charge in [-0.3, -0.25) is 9.59 Å². The first-order valence-corrected chi connectivity index (χ1v) is 2.77. The average Bonchev–Trinajstić information content (AvgIpc) is 1.81. The van der Waals surface area contributed by atoms with Gasteiger partial charge in [-0.1, -0.05) is 6.08 Å². The van der Waals surface area contributed by atoms with Crippen LogP contribution in [0.2, 0.25) is 0 Å². The van der Waals surface area contributed by atoms with Crippen LogP contribution < -0.4 is 11.1 Å². The third-order valence-corrected chi connectivity index (χ3v) is 0.901. The Balaban J connectivity index is 3.96. The molecule has 56 valence electrons. The summed E-state index contributed by atoms with van der Waals surface area (Å²) in [6, 6.07) is -0.752. The molecule has 0 aliphatic rings. The van der Waals surface area contributed by atoms with Gasteiger partial charge >= 0.3 is 0 Å². The molecule has 3 N–H and O–H groups in total. The number of hydrogen-bond acceptors (Lipinski definition) is 2. The molecule has 0 aromatic carbocycles. The fourth-order valence-electron chi connectivity index (χ4n) is 0.465. The molecular formula is C6H10N2O2. The fraction of sp³-hybridized carbons (Fsp3) is 0.333. The quantitative estimate of drug-likeness (QED) is 0.504. The summed E-state index contributed by atoms with van der Waals surface area (Å²) in [4.78, 5) is 20.8. The molecule has 0 heterocycles. The Morgan fingerprint density at radius 2 is 2.20 bits per heavy atom. The van der Waals surface area contributed by atoms with Crippen molar-refractivity contribution in [2.75, 3.05) is 0 Å². The zero-order valence-corrected chi connectivity index (χ0v) is 5.76. The van der Waals surface area contributed by atoms with Crippen LogP contribution in [0.1, 0.15) is 6.92 Å².